The molecule has 0 aliphatic rings. The van der Waals surface area contributed by atoms with E-state index < -0.39 is 5.97 Å². The summed E-state index contributed by atoms with van der Waals surface area (Å²) in [5, 5.41) is 2.78. The highest BCUT2D eigenvalue weighted by Crippen LogP contribution is 2.16. The van der Waals surface area contributed by atoms with Crippen molar-refractivity contribution in [1.82, 2.24) is 10.2 Å². The van der Waals surface area contributed by atoms with Crippen molar-refractivity contribution in [2.45, 2.75) is 13.5 Å². The van der Waals surface area contributed by atoms with Gasteiger partial charge in [-0.25, -0.2) is 4.79 Å². The summed E-state index contributed by atoms with van der Waals surface area (Å²) in [6.07, 6.45) is 0. The van der Waals surface area contributed by atoms with E-state index in [2.05, 4.69) is 10.1 Å². The van der Waals surface area contributed by atoms with Gasteiger partial charge in [0.15, 0.2) is 0 Å². The monoisotopic (exact) mass is 254 g/mol. The predicted octanol–water partition coefficient (Wildman–Crippen LogP) is 0.552. The van der Waals surface area contributed by atoms with Gasteiger partial charge in [0.1, 0.15) is 17.1 Å². The second-order valence-electron chi connectivity index (χ2n) is 3.95. The summed E-state index contributed by atoms with van der Waals surface area (Å²) in [5.74, 6) is 0.559. The van der Waals surface area contributed by atoms with Crippen molar-refractivity contribution >= 4 is 11.9 Å². The van der Waals surface area contributed by atoms with Crippen LogP contribution in [0.15, 0.2) is 10.5 Å². The number of aryl methyl sites for hydroxylation is 1. The molecule has 1 N–H and O–H groups in total. The summed E-state index contributed by atoms with van der Waals surface area (Å²) >= 11 is 0. The van der Waals surface area contributed by atoms with Crippen molar-refractivity contribution in [3.63, 3.8) is 0 Å². The fraction of sp³-hybridized carbons (Fsp3) is 0.500. The summed E-state index contributed by atoms with van der Waals surface area (Å²) in [6.45, 7) is 2.27. The molecule has 0 aliphatic carbocycles. The molecule has 6 heteroatoms. The third-order valence-corrected chi connectivity index (χ3v) is 2.52. The number of ether oxygens (including phenoxy) is 1. The van der Waals surface area contributed by atoms with E-state index in [0.29, 0.717) is 23.6 Å². The Kier molecular flexibility index (Phi) is 4.91. The number of nitrogens with one attached hydrogen (secondary N) is 1. The number of carbonyl (C=O) groups excluding carboxylic acids is 2. The molecule has 0 atom stereocenters. The fourth-order valence-electron chi connectivity index (χ4n) is 1.54. The molecule has 0 bridgehead atoms. The van der Waals surface area contributed by atoms with Crippen LogP contribution in [0.25, 0.3) is 0 Å². The van der Waals surface area contributed by atoms with Gasteiger partial charge in [-0.3, -0.25) is 4.79 Å². The molecule has 100 valence electrons. The summed E-state index contributed by atoms with van der Waals surface area (Å²) in [6, 6.07) is 1.60. The van der Waals surface area contributed by atoms with Gasteiger partial charge < -0.3 is 19.4 Å². The van der Waals surface area contributed by atoms with Crippen molar-refractivity contribution in [3.8, 4) is 0 Å². The minimum Gasteiger partial charge on any atom is -0.465 e. The maximum Gasteiger partial charge on any atom is 0.341 e. The normalized spacial score (nSPS) is 10.2. The second-order valence-corrected chi connectivity index (χ2v) is 3.95. The molecule has 0 spiro atoms. The Bertz CT molecular complexity index is 439. The van der Waals surface area contributed by atoms with E-state index in [-0.39, 0.29) is 12.5 Å². The van der Waals surface area contributed by atoms with E-state index in [4.69, 9.17) is 4.42 Å². The van der Waals surface area contributed by atoms with Gasteiger partial charge in [0, 0.05) is 7.05 Å². The van der Waals surface area contributed by atoms with Crippen LogP contribution in [0, 0.1) is 6.92 Å². The Balaban J connectivity index is 2.74. The highest BCUT2D eigenvalue weighted by molar-refractivity contribution is 5.90. The number of amides is 1. The maximum absolute atomic E-state index is 11.6. The quantitative estimate of drug-likeness (QED) is 0.777. The van der Waals surface area contributed by atoms with Crippen LogP contribution in [0.3, 0.4) is 0 Å². The lowest BCUT2D eigenvalue weighted by Gasteiger charge is -2.15. The van der Waals surface area contributed by atoms with Gasteiger partial charge in [-0.15, -0.1) is 0 Å². The molecule has 1 aromatic heterocycles. The molecule has 1 rings (SSSR count). The molecule has 0 saturated heterocycles. The summed E-state index contributed by atoms with van der Waals surface area (Å²) < 4.78 is 10.1. The van der Waals surface area contributed by atoms with E-state index in [1.54, 1.807) is 27.1 Å². The van der Waals surface area contributed by atoms with E-state index in [1.807, 2.05) is 0 Å². The van der Waals surface area contributed by atoms with E-state index in [1.165, 1.54) is 12.0 Å². The van der Waals surface area contributed by atoms with Gasteiger partial charge in [0.05, 0.1) is 20.2 Å². The predicted molar refractivity (Wildman–Crippen MR) is 65.2 cm³/mol. The molecule has 1 amide bonds. The number of furan rings is 1. The SMILES string of the molecule is CNCC(=O)N(C)Cc1cc(C(=O)OC)c(C)o1. The third-order valence-electron chi connectivity index (χ3n) is 2.52. The van der Waals surface area contributed by atoms with Crippen LogP contribution in [-0.4, -0.2) is 44.5 Å². The van der Waals surface area contributed by atoms with Crippen molar-refractivity contribution in [3.05, 3.63) is 23.2 Å². The minimum absolute atomic E-state index is 0.0498. The lowest BCUT2D eigenvalue weighted by Crippen LogP contribution is -2.33. The Morgan fingerprint density at radius 3 is 2.72 bits per heavy atom. The van der Waals surface area contributed by atoms with Gasteiger partial charge in [0.2, 0.25) is 5.91 Å². The average Bonchev–Trinajstić information content (AvgIpc) is 2.69. The summed E-state index contributed by atoms with van der Waals surface area (Å²) in [5.41, 5.74) is 0.391. The molecule has 18 heavy (non-hydrogen) atoms. The Morgan fingerprint density at radius 2 is 2.17 bits per heavy atom. The molecular weight excluding hydrogens is 236 g/mol. The number of carbonyl (C=O) groups is 2. The van der Waals surface area contributed by atoms with E-state index in [9.17, 15) is 9.59 Å². The average molecular weight is 254 g/mol. The smallest absolute Gasteiger partial charge is 0.341 e. The van der Waals surface area contributed by atoms with Crippen LogP contribution >= 0.6 is 0 Å². The molecule has 0 radical (unpaired) electrons. The number of rotatable bonds is 5. The minimum atomic E-state index is -0.438. The molecule has 0 aromatic carbocycles. The fourth-order valence-corrected chi connectivity index (χ4v) is 1.54. The standard InChI is InChI=1S/C12H18N2O4/c1-8-10(12(16)17-4)5-9(18-8)7-14(3)11(15)6-13-2/h5,13H,6-7H2,1-4H3. The van der Waals surface area contributed by atoms with Crippen LogP contribution < -0.4 is 5.32 Å². The van der Waals surface area contributed by atoms with Crippen molar-refractivity contribution in [1.29, 1.82) is 0 Å². The Labute approximate surface area is 106 Å². The first-order chi connectivity index (χ1) is 8.49. The Morgan fingerprint density at radius 1 is 1.50 bits per heavy atom. The van der Waals surface area contributed by atoms with Gasteiger partial charge >= 0.3 is 5.97 Å². The van der Waals surface area contributed by atoms with Crippen LogP contribution in [0.2, 0.25) is 0 Å². The number of methoxy groups -OCH3 is 1. The number of hydrogen-bond acceptors (Lipinski definition) is 5. The highest BCUT2D eigenvalue weighted by Gasteiger charge is 2.17. The molecule has 0 fully saturated rings. The van der Waals surface area contributed by atoms with Crippen molar-refractivity contribution in [2.75, 3.05) is 27.7 Å². The lowest BCUT2D eigenvalue weighted by atomic mass is 10.2. The van der Waals surface area contributed by atoms with Crippen LogP contribution in [0.4, 0.5) is 0 Å². The van der Waals surface area contributed by atoms with Gasteiger partial charge in [-0.05, 0) is 20.0 Å². The van der Waals surface area contributed by atoms with Gasteiger partial charge in [0.25, 0.3) is 0 Å². The number of esters is 1. The first-order valence-electron chi connectivity index (χ1n) is 5.55. The Hall–Kier alpha value is -1.82. The summed E-state index contributed by atoms with van der Waals surface area (Å²) in [7, 11) is 4.70. The van der Waals surface area contributed by atoms with Crippen molar-refractivity contribution in [2.24, 2.45) is 0 Å². The lowest BCUT2D eigenvalue weighted by molar-refractivity contribution is -0.129. The highest BCUT2D eigenvalue weighted by atomic mass is 16.5. The largest absolute Gasteiger partial charge is 0.465 e. The van der Waals surface area contributed by atoms with E-state index >= 15 is 0 Å². The second kappa shape index (κ2) is 6.20. The first kappa shape index (κ1) is 14.2. The molecule has 1 aromatic rings. The van der Waals surface area contributed by atoms with Crippen LogP contribution in [-0.2, 0) is 16.1 Å². The van der Waals surface area contributed by atoms with Crippen LogP contribution in [0.1, 0.15) is 21.9 Å². The van der Waals surface area contributed by atoms with Gasteiger partial charge in [-0.2, -0.15) is 0 Å². The first-order valence-corrected chi connectivity index (χ1v) is 5.55. The number of nitrogens with zero attached hydrogens (tertiary/aromatic N) is 1. The molecule has 0 unspecified atom stereocenters. The molecule has 1 heterocycles. The zero-order chi connectivity index (χ0) is 13.7. The van der Waals surface area contributed by atoms with Crippen molar-refractivity contribution < 1.29 is 18.7 Å². The number of likely N-dealkylation sites (N-methyl/N-ethyl adjacent to an activating group) is 2. The zero-order valence-corrected chi connectivity index (χ0v) is 11.1. The molecule has 0 saturated carbocycles. The maximum atomic E-state index is 11.6. The van der Waals surface area contributed by atoms with Crippen LogP contribution in [0.5, 0.6) is 0 Å². The van der Waals surface area contributed by atoms with Gasteiger partial charge in [-0.1, -0.05) is 0 Å². The third kappa shape index (κ3) is 3.33. The zero-order valence-electron chi connectivity index (χ0n) is 11.1. The molecule has 6 nitrogen and oxygen atoms in total. The molecular formula is C12H18N2O4. The topological polar surface area (TPSA) is 71.8 Å². The number of hydrogen-bond donors (Lipinski definition) is 1. The summed E-state index contributed by atoms with van der Waals surface area (Å²) in [4.78, 5) is 24.5. The van der Waals surface area contributed by atoms with E-state index in [0.717, 1.165) is 0 Å². The molecule has 0 aliphatic heterocycles.